The molecule has 7 heteroatoms. The van der Waals surface area contributed by atoms with Gasteiger partial charge in [-0.15, -0.1) is 0 Å². The molecule has 30 heavy (non-hydrogen) atoms. The van der Waals surface area contributed by atoms with Gasteiger partial charge in [0, 0.05) is 53.4 Å². The molecule has 1 amide bonds. The Labute approximate surface area is 190 Å². The number of anilines is 2. The molecule has 154 valence electrons. The molecule has 0 spiro atoms. The number of carbonyl (C=O) groups is 1. The number of nitrogens with one attached hydrogen (secondary N) is 1. The molecular weight excluding hydrogens is 489 g/mol. The van der Waals surface area contributed by atoms with Crippen LogP contribution < -0.4 is 10.2 Å². The molecule has 0 radical (unpaired) electrons. The lowest BCUT2D eigenvalue weighted by atomic mass is 10.1. The first-order valence-electron chi connectivity index (χ1n) is 10.1. The van der Waals surface area contributed by atoms with E-state index in [1.165, 1.54) is 0 Å². The van der Waals surface area contributed by atoms with Gasteiger partial charge in [0.15, 0.2) is 0 Å². The van der Waals surface area contributed by atoms with E-state index in [0.29, 0.717) is 5.56 Å². The SMILES string of the molecule is CCN1CCN(c2ccc(C(=O)Nc3ccc(I)c(-c4ccccn4)c3)cn2)CC1. The number of piperazine rings is 1. The van der Waals surface area contributed by atoms with Crippen LogP contribution in [0, 0.1) is 3.57 Å². The van der Waals surface area contributed by atoms with Crippen molar-refractivity contribution in [3.8, 4) is 11.3 Å². The molecule has 6 nitrogen and oxygen atoms in total. The molecule has 0 atom stereocenters. The van der Waals surface area contributed by atoms with Crippen LogP contribution in [0.25, 0.3) is 11.3 Å². The quantitative estimate of drug-likeness (QED) is 0.520. The van der Waals surface area contributed by atoms with Crippen molar-refractivity contribution < 1.29 is 4.79 Å². The largest absolute Gasteiger partial charge is 0.354 e. The van der Waals surface area contributed by atoms with Crippen molar-refractivity contribution in [2.45, 2.75) is 6.92 Å². The molecular formula is C23H24IN5O. The maximum absolute atomic E-state index is 12.7. The molecule has 1 saturated heterocycles. The molecule has 4 rings (SSSR count). The van der Waals surface area contributed by atoms with Crippen molar-refractivity contribution in [3.05, 3.63) is 70.1 Å². The Balaban J connectivity index is 1.44. The number of aromatic nitrogens is 2. The fourth-order valence-corrected chi connectivity index (χ4v) is 4.14. The second-order valence-corrected chi connectivity index (χ2v) is 8.35. The first kappa shape index (κ1) is 20.7. The number of hydrogen-bond donors (Lipinski definition) is 1. The molecule has 1 aromatic carbocycles. The molecule has 1 fully saturated rings. The second kappa shape index (κ2) is 9.53. The lowest BCUT2D eigenvalue weighted by molar-refractivity contribution is 0.102. The molecule has 1 N–H and O–H groups in total. The molecule has 3 aromatic rings. The topological polar surface area (TPSA) is 61.4 Å². The van der Waals surface area contributed by atoms with E-state index in [2.05, 4.69) is 54.6 Å². The fraction of sp³-hybridized carbons (Fsp3) is 0.261. The Kier molecular flexibility index (Phi) is 6.59. The van der Waals surface area contributed by atoms with Gasteiger partial charge in [-0.05, 0) is 71.6 Å². The first-order valence-corrected chi connectivity index (χ1v) is 11.2. The summed E-state index contributed by atoms with van der Waals surface area (Å²) in [5, 5.41) is 2.98. The van der Waals surface area contributed by atoms with Gasteiger partial charge in [0.05, 0.1) is 11.3 Å². The smallest absolute Gasteiger partial charge is 0.257 e. The van der Waals surface area contributed by atoms with Crippen LogP contribution in [0.4, 0.5) is 11.5 Å². The molecule has 3 heterocycles. The predicted molar refractivity (Wildman–Crippen MR) is 129 cm³/mol. The first-order chi connectivity index (χ1) is 14.6. The van der Waals surface area contributed by atoms with Crippen molar-refractivity contribution in [2.75, 3.05) is 42.9 Å². The van der Waals surface area contributed by atoms with E-state index < -0.39 is 0 Å². The maximum Gasteiger partial charge on any atom is 0.257 e. The highest BCUT2D eigenvalue weighted by Crippen LogP contribution is 2.27. The van der Waals surface area contributed by atoms with Crippen LogP contribution in [0.1, 0.15) is 17.3 Å². The summed E-state index contributed by atoms with van der Waals surface area (Å²) in [6, 6.07) is 15.4. The Morgan fingerprint density at radius 2 is 1.90 bits per heavy atom. The van der Waals surface area contributed by atoms with Crippen molar-refractivity contribution in [1.82, 2.24) is 14.9 Å². The van der Waals surface area contributed by atoms with Gasteiger partial charge in [0.2, 0.25) is 0 Å². The highest BCUT2D eigenvalue weighted by molar-refractivity contribution is 14.1. The predicted octanol–water partition coefficient (Wildman–Crippen LogP) is 4.14. The summed E-state index contributed by atoms with van der Waals surface area (Å²) >= 11 is 2.28. The summed E-state index contributed by atoms with van der Waals surface area (Å²) in [4.78, 5) is 26.4. The van der Waals surface area contributed by atoms with E-state index in [-0.39, 0.29) is 5.91 Å². The maximum atomic E-state index is 12.7. The normalized spacial score (nSPS) is 14.5. The highest BCUT2D eigenvalue weighted by atomic mass is 127. The molecule has 0 unspecified atom stereocenters. The fourth-order valence-electron chi connectivity index (χ4n) is 3.53. The van der Waals surface area contributed by atoms with Crippen LogP contribution in [-0.4, -0.2) is 53.5 Å². The molecule has 0 aliphatic carbocycles. The van der Waals surface area contributed by atoms with Crippen LogP contribution in [0.15, 0.2) is 60.9 Å². The Hall–Kier alpha value is -2.52. The third-order valence-corrected chi connectivity index (χ3v) is 6.26. The number of rotatable bonds is 5. The Morgan fingerprint density at radius 3 is 2.57 bits per heavy atom. The zero-order valence-electron chi connectivity index (χ0n) is 16.9. The summed E-state index contributed by atoms with van der Waals surface area (Å²) in [6.07, 6.45) is 3.43. The van der Waals surface area contributed by atoms with Gasteiger partial charge in [-0.1, -0.05) is 13.0 Å². The standard InChI is InChI=1S/C23H24IN5O/c1-2-28-11-13-29(14-12-28)22-9-6-17(16-26-22)23(30)27-18-7-8-20(24)19(15-18)21-5-3-4-10-25-21/h3-10,15-16H,2,11-14H2,1H3,(H,27,30). The van der Waals surface area contributed by atoms with E-state index in [0.717, 1.165) is 59.1 Å². The zero-order valence-corrected chi connectivity index (χ0v) is 19.0. The van der Waals surface area contributed by atoms with Gasteiger partial charge in [-0.2, -0.15) is 0 Å². The van der Waals surface area contributed by atoms with Crippen LogP contribution in [0.5, 0.6) is 0 Å². The number of likely N-dealkylation sites (N-methyl/N-ethyl adjacent to an activating group) is 1. The van der Waals surface area contributed by atoms with E-state index >= 15 is 0 Å². The summed E-state index contributed by atoms with van der Waals surface area (Å²) in [5.41, 5.74) is 3.16. The minimum Gasteiger partial charge on any atom is -0.354 e. The van der Waals surface area contributed by atoms with Crippen LogP contribution >= 0.6 is 22.6 Å². The number of carbonyl (C=O) groups excluding carboxylic acids is 1. The van der Waals surface area contributed by atoms with Gasteiger partial charge < -0.3 is 15.1 Å². The van der Waals surface area contributed by atoms with Gasteiger partial charge in [-0.25, -0.2) is 4.98 Å². The van der Waals surface area contributed by atoms with E-state index in [1.54, 1.807) is 12.4 Å². The summed E-state index contributed by atoms with van der Waals surface area (Å²) in [5.74, 6) is 0.757. The Morgan fingerprint density at radius 1 is 1.07 bits per heavy atom. The van der Waals surface area contributed by atoms with E-state index in [9.17, 15) is 4.79 Å². The number of benzene rings is 1. The summed E-state index contributed by atoms with van der Waals surface area (Å²) in [6.45, 7) is 7.30. The van der Waals surface area contributed by atoms with Gasteiger partial charge in [0.25, 0.3) is 5.91 Å². The number of nitrogens with zero attached hydrogens (tertiary/aromatic N) is 4. The van der Waals surface area contributed by atoms with Crippen molar-refractivity contribution in [1.29, 1.82) is 0 Å². The van der Waals surface area contributed by atoms with Gasteiger partial charge in [0.1, 0.15) is 5.82 Å². The highest BCUT2D eigenvalue weighted by Gasteiger charge is 2.17. The zero-order chi connectivity index (χ0) is 20.9. The number of halogens is 1. The average molecular weight is 513 g/mol. The third kappa shape index (κ3) is 4.79. The lowest BCUT2D eigenvalue weighted by Crippen LogP contribution is -2.46. The Bertz CT molecular complexity index is 1000. The number of pyridine rings is 2. The van der Waals surface area contributed by atoms with E-state index in [4.69, 9.17) is 0 Å². The summed E-state index contributed by atoms with van der Waals surface area (Å²) < 4.78 is 1.08. The van der Waals surface area contributed by atoms with E-state index in [1.807, 2.05) is 48.5 Å². The van der Waals surface area contributed by atoms with Crippen LogP contribution in [-0.2, 0) is 0 Å². The van der Waals surface area contributed by atoms with Crippen LogP contribution in [0.3, 0.4) is 0 Å². The molecule has 0 bridgehead atoms. The van der Waals surface area contributed by atoms with Gasteiger partial charge in [-0.3, -0.25) is 9.78 Å². The van der Waals surface area contributed by atoms with Gasteiger partial charge >= 0.3 is 0 Å². The van der Waals surface area contributed by atoms with Crippen LogP contribution in [0.2, 0.25) is 0 Å². The second-order valence-electron chi connectivity index (χ2n) is 7.19. The minimum atomic E-state index is -0.168. The lowest BCUT2D eigenvalue weighted by Gasteiger charge is -2.34. The number of amides is 1. The van der Waals surface area contributed by atoms with Crippen molar-refractivity contribution in [2.24, 2.45) is 0 Å². The monoisotopic (exact) mass is 513 g/mol. The summed E-state index contributed by atoms with van der Waals surface area (Å²) in [7, 11) is 0. The molecule has 0 saturated carbocycles. The molecule has 1 aliphatic heterocycles. The third-order valence-electron chi connectivity index (χ3n) is 5.32. The van der Waals surface area contributed by atoms with Crippen molar-refractivity contribution >= 4 is 40.0 Å². The average Bonchev–Trinajstić information content (AvgIpc) is 2.81. The minimum absolute atomic E-state index is 0.168. The van der Waals surface area contributed by atoms with Crippen molar-refractivity contribution in [3.63, 3.8) is 0 Å². The molecule has 1 aliphatic rings. The number of hydrogen-bond acceptors (Lipinski definition) is 5. The molecule has 2 aromatic heterocycles.